The number of hydrogen-bond acceptors (Lipinski definition) is 4. The molecule has 30 heavy (non-hydrogen) atoms. The van der Waals surface area contributed by atoms with Gasteiger partial charge in [-0.1, -0.05) is 36.4 Å². The van der Waals surface area contributed by atoms with Crippen LogP contribution in [0, 0.1) is 10.1 Å². The van der Waals surface area contributed by atoms with Crippen LogP contribution in [0.3, 0.4) is 0 Å². The number of nitrogens with zero attached hydrogens (tertiary/aromatic N) is 1. The third kappa shape index (κ3) is 5.41. The molecule has 0 radical (unpaired) electrons. The van der Waals surface area contributed by atoms with Crippen molar-refractivity contribution in [3.05, 3.63) is 100 Å². The number of carbonyl (C=O) groups is 2. The minimum atomic E-state index is -0.542. The van der Waals surface area contributed by atoms with Gasteiger partial charge in [0, 0.05) is 29.1 Å². The second-order valence-electron chi connectivity index (χ2n) is 6.57. The van der Waals surface area contributed by atoms with Gasteiger partial charge in [0.2, 0.25) is 0 Å². The van der Waals surface area contributed by atoms with Crippen LogP contribution in [0.25, 0.3) is 0 Å². The van der Waals surface area contributed by atoms with Crippen molar-refractivity contribution in [1.82, 2.24) is 5.32 Å². The van der Waals surface area contributed by atoms with E-state index in [2.05, 4.69) is 16.0 Å². The summed E-state index contributed by atoms with van der Waals surface area (Å²) in [5.41, 5.74) is 2.18. The molecule has 0 aliphatic rings. The standard InChI is InChI=1S/C22H20N4O4/c1-15(23-21(27)17-6-5-9-20(14-17)26(29)30)16-10-12-19(13-11-16)25-22(28)24-18-7-3-2-4-8-18/h2-15H,1H3,(H,23,27)(H2,24,25,28)/t15-/m1/s1. The van der Waals surface area contributed by atoms with Gasteiger partial charge in [0.15, 0.2) is 0 Å². The maximum absolute atomic E-state index is 12.4. The molecule has 3 aromatic carbocycles. The van der Waals surface area contributed by atoms with E-state index in [1.54, 1.807) is 43.3 Å². The lowest BCUT2D eigenvalue weighted by atomic mass is 10.1. The minimum absolute atomic E-state index is 0.139. The lowest BCUT2D eigenvalue weighted by Gasteiger charge is -2.15. The number of nitrogens with one attached hydrogen (secondary N) is 3. The van der Waals surface area contributed by atoms with Crippen LogP contribution >= 0.6 is 0 Å². The van der Waals surface area contributed by atoms with Crippen LogP contribution in [0.15, 0.2) is 78.9 Å². The Morgan fingerprint density at radius 1 is 0.867 bits per heavy atom. The second-order valence-corrected chi connectivity index (χ2v) is 6.57. The number of rotatable bonds is 6. The maximum Gasteiger partial charge on any atom is 0.323 e. The molecule has 8 nitrogen and oxygen atoms in total. The summed E-state index contributed by atoms with van der Waals surface area (Å²) in [6, 6.07) is 21.0. The number of carbonyl (C=O) groups excluding carboxylic acids is 2. The first-order valence-corrected chi connectivity index (χ1v) is 9.21. The van der Waals surface area contributed by atoms with Crippen LogP contribution < -0.4 is 16.0 Å². The van der Waals surface area contributed by atoms with Crippen molar-refractivity contribution >= 4 is 29.0 Å². The molecule has 0 heterocycles. The lowest BCUT2D eigenvalue weighted by molar-refractivity contribution is -0.384. The summed E-state index contributed by atoms with van der Waals surface area (Å²) < 4.78 is 0. The Kier molecular flexibility index (Phi) is 6.39. The molecule has 3 N–H and O–H groups in total. The first-order valence-electron chi connectivity index (χ1n) is 9.21. The summed E-state index contributed by atoms with van der Waals surface area (Å²) in [7, 11) is 0. The van der Waals surface area contributed by atoms with Crippen LogP contribution in [-0.2, 0) is 0 Å². The number of amides is 3. The summed E-state index contributed by atoms with van der Waals surface area (Å²) >= 11 is 0. The van der Waals surface area contributed by atoms with E-state index in [4.69, 9.17) is 0 Å². The van der Waals surface area contributed by atoms with E-state index in [9.17, 15) is 19.7 Å². The van der Waals surface area contributed by atoms with Gasteiger partial charge in [0.05, 0.1) is 11.0 Å². The average Bonchev–Trinajstić information content (AvgIpc) is 2.75. The van der Waals surface area contributed by atoms with Crippen molar-refractivity contribution in [3.8, 4) is 0 Å². The zero-order chi connectivity index (χ0) is 21.5. The van der Waals surface area contributed by atoms with Gasteiger partial charge < -0.3 is 16.0 Å². The number of anilines is 2. The summed E-state index contributed by atoms with van der Waals surface area (Å²) in [5.74, 6) is -0.407. The predicted molar refractivity (Wildman–Crippen MR) is 115 cm³/mol. The second kappa shape index (κ2) is 9.33. The van der Waals surface area contributed by atoms with E-state index >= 15 is 0 Å². The molecule has 1 atom stereocenters. The Bertz CT molecular complexity index is 1050. The molecule has 0 saturated carbocycles. The number of para-hydroxylation sites is 1. The number of nitro groups is 1. The predicted octanol–water partition coefficient (Wildman–Crippen LogP) is 4.73. The van der Waals surface area contributed by atoms with Crippen LogP contribution in [0.5, 0.6) is 0 Å². The fourth-order valence-electron chi connectivity index (χ4n) is 2.79. The highest BCUT2D eigenvalue weighted by atomic mass is 16.6. The molecule has 0 bridgehead atoms. The summed E-state index contributed by atoms with van der Waals surface area (Å²) in [6.45, 7) is 1.81. The Labute approximate surface area is 173 Å². The topological polar surface area (TPSA) is 113 Å². The fraction of sp³-hybridized carbons (Fsp3) is 0.0909. The van der Waals surface area contributed by atoms with Crippen LogP contribution in [0.2, 0.25) is 0 Å². The smallest absolute Gasteiger partial charge is 0.323 e. The number of non-ortho nitro benzene ring substituents is 1. The van der Waals surface area contributed by atoms with Crippen molar-refractivity contribution < 1.29 is 14.5 Å². The van der Waals surface area contributed by atoms with E-state index < -0.39 is 10.8 Å². The van der Waals surface area contributed by atoms with Crippen molar-refractivity contribution in [2.45, 2.75) is 13.0 Å². The summed E-state index contributed by atoms with van der Waals surface area (Å²) in [6.07, 6.45) is 0. The molecule has 0 spiro atoms. The van der Waals surface area contributed by atoms with Crippen molar-refractivity contribution in [1.29, 1.82) is 0 Å². The van der Waals surface area contributed by atoms with Crippen molar-refractivity contribution in [3.63, 3.8) is 0 Å². The van der Waals surface area contributed by atoms with Gasteiger partial charge in [-0.15, -0.1) is 0 Å². The fourth-order valence-corrected chi connectivity index (χ4v) is 2.79. The van der Waals surface area contributed by atoms with E-state index in [-0.39, 0.29) is 23.3 Å². The number of nitro benzene ring substituents is 1. The van der Waals surface area contributed by atoms with Crippen molar-refractivity contribution in [2.75, 3.05) is 10.6 Å². The van der Waals surface area contributed by atoms with Gasteiger partial charge in [-0.05, 0) is 42.8 Å². The molecule has 0 aromatic heterocycles. The highest BCUT2D eigenvalue weighted by Gasteiger charge is 2.14. The third-order valence-corrected chi connectivity index (χ3v) is 4.37. The number of urea groups is 1. The Morgan fingerprint density at radius 2 is 1.50 bits per heavy atom. The largest absolute Gasteiger partial charge is 0.346 e. The van der Waals surface area contributed by atoms with E-state index in [0.29, 0.717) is 11.4 Å². The maximum atomic E-state index is 12.4. The van der Waals surface area contributed by atoms with Gasteiger partial charge >= 0.3 is 6.03 Å². The van der Waals surface area contributed by atoms with Gasteiger partial charge in [-0.3, -0.25) is 14.9 Å². The number of hydrogen-bond donors (Lipinski definition) is 3. The molecule has 3 amide bonds. The SMILES string of the molecule is C[C@@H](NC(=O)c1cccc([N+](=O)[O-])c1)c1ccc(NC(=O)Nc2ccccc2)cc1. The van der Waals surface area contributed by atoms with Crippen LogP contribution in [0.4, 0.5) is 21.9 Å². The number of benzene rings is 3. The minimum Gasteiger partial charge on any atom is -0.346 e. The molecule has 0 aliphatic carbocycles. The van der Waals surface area contributed by atoms with Gasteiger partial charge in [-0.2, -0.15) is 0 Å². The normalized spacial score (nSPS) is 11.2. The molecule has 152 valence electrons. The molecule has 8 heteroatoms. The molecule has 0 aliphatic heterocycles. The summed E-state index contributed by atoms with van der Waals surface area (Å²) in [4.78, 5) is 34.8. The van der Waals surface area contributed by atoms with E-state index in [1.807, 2.05) is 18.2 Å². The highest BCUT2D eigenvalue weighted by molar-refractivity contribution is 5.99. The van der Waals surface area contributed by atoms with Crippen molar-refractivity contribution in [2.24, 2.45) is 0 Å². The van der Waals surface area contributed by atoms with Gasteiger partial charge in [-0.25, -0.2) is 4.79 Å². The first-order chi connectivity index (χ1) is 14.4. The highest BCUT2D eigenvalue weighted by Crippen LogP contribution is 2.18. The van der Waals surface area contributed by atoms with Crippen LogP contribution in [-0.4, -0.2) is 16.9 Å². The molecule has 0 fully saturated rings. The Hall–Kier alpha value is -4.20. The molecular formula is C22H20N4O4. The molecular weight excluding hydrogens is 384 g/mol. The Balaban J connectivity index is 1.58. The molecule has 3 rings (SSSR count). The first kappa shape index (κ1) is 20.5. The summed E-state index contributed by atoms with van der Waals surface area (Å²) in [5, 5.41) is 19.1. The zero-order valence-electron chi connectivity index (χ0n) is 16.2. The Morgan fingerprint density at radius 3 is 2.13 bits per heavy atom. The molecule has 0 unspecified atom stereocenters. The van der Waals surface area contributed by atoms with Crippen LogP contribution in [0.1, 0.15) is 28.9 Å². The lowest BCUT2D eigenvalue weighted by Crippen LogP contribution is -2.26. The monoisotopic (exact) mass is 404 g/mol. The van der Waals surface area contributed by atoms with E-state index in [0.717, 1.165) is 5.56 Å². The molecule has 3 aromatic rings. The third-order valence-electron chi connectivity index (χ3n) is 4.37. The van der Waals surface area contributed by atoms with Gasteiger partial charge in [0.25, 0.3) is 11.6 Å². The van der Waals surface area contributed by atoms with Gasteiger partial charge in [0.1, 0.15) is 0 Å². The average molecular weight is 404 g/mol. The van der Waals surface area contributed by atoms with E-state index in [1.165, 1.54) is 24.3 Å². The molecule has 0 saturated heterocycles. The zero-order valence-corrected chi connectivity index (χ0v) is 16.2. The quantitative estimate of drug-likeness (QED) is 0.407.